The van der Waals surface area contributed by atoms with Crippen LogP contribution in [0.3, 0.4) is 0 Å². The van der Waals surface area contributed by atoms with Crippen LogP contribution in [0.5, 0.6) is 0 Å². The van der Waals surface area contributed by atoms with E-state index in [9.17, 15) is 4.79 Å². The van der Waals surface area contributed by atoms with Crippen LogP contribution in [0.15, 0.2) is 53.4 Å². The molecular formula is C17H16N4O2. The van der Waals surface area contributed by atoms with E-state index in [4.69, 9.17) is 4.42 Å². The summed E-state index contributed by atoms with van der Waals surface area (Å²) < 4.78 is 7.21. The van der Waals surface area contributed by atoms with Crippen LogP contribution in [0.25, 0.3) is 11.4 Å². The third-order valence-electron chi connectivity index (χ3n) is 4.14. The van der Waals surface area contributed by atoms with Gasteiger partial charge in [0, 0.05) is 30.1 Å². The maximum atomic E-state index is 12.4. The van der Waals surface area contributed by atoms with Crippen LogP contribution < -0.4 is 5.32 Å². The topological polar surface area (TPSA) is 73.0 Å². The number of carbonyl (C=O) groups excluding carboxylic acids is 1. The monoisotopic (exact) mass is 308 g/mol. The van der Waals surface area contributed by atoms with Gasteiger partial charge in [0.2, 0.25) is 5.91 Å². The number of rotatable bonds is 4. The highest BCUT2D eigenvalue weighted by Gasteiger charge is 2.45. The van der Waals surface area contributed by atoms with Gasteiger partial charge in [-0.25, -0.2) is 0 Å². The average molecular weight is 308 g/mol. The molecule has 0 unspecified atom stereocenters. The fraction of sp³-hybridized carbons (Fsp3) is 0.235. The van der Waals surface area contributed by atoms with Gasteiger partial charge in [-0.1, -0.05) is 12.1 Å². The Morgan fingerprint density at radius 1 is 1.35 bits per heavy atom. The van der Waals surface area contributed by atoms with Crippen molar-refractivity contribution in [2.75, 3.05) is 5.32 Å². The van der Waals surface area contributed by atoms with E-state index < -0.39 is 0 Å². The van der Waals surface area contributed by atoms with Crippen LogP contribution in [0, 0.1) is 5.92 Å². The summed E-state index contributed by atoms with van der Waals surface area (Å²) in [6.45, 7) is 0. The van der Waals surface area contributed by atoms with Gasteiger partial charge < -0.3 is 14.3 Å². The summed E-state index contributed by atoms with van der Waals surface area (Å²) in [6, 6.07) is 11.4. The lowest BCUT2D eigenvalue weighted by Gasteiger charge is -2.07. The minimum Gasteiger partial charge on any atom is -0.469 e. The SMILES string of the molecule is Cn1cnnc1-c1cccc(NC(=O)[C@H]2C[C@@H]2c2ccco2)c1. The number of hydrogen-bond donors (Lipinski definition) is 1. The zero-order valence-electron chi connectivity index (χ0n) is 12.6. The van der Waals surface area contributed by atoms with Gasteiger partial charge in [-0.2, -0.15) is 0 Å². The van der Waals surface area contributed by atoms with Gasteiger partial charge in [-0.15, -0.1) is 10.2 Å². The predicted octanol–water partition coefficient (Wildman–Crippen LogP) is 2.82. The van der Waals surface area contributed by atoms with Crippen LogP contribution in [0.2, 0.25) is 0 Å². The molecule has 0 aliphatic heterocycles. The Hall–Kier alpha value is -2.89. The summed E-state index contributed by atoms with van der Waals surface area (Å²) in [5, 5.41) is 10.9. The standard InChI is InChI=1S/C17H16N4O2/c1-21-10-18-20-16(21)11-4-2-5-12(8-11)19-17(22)14-9-13(14)15-6-3-7-23-15/h2-8,10,13-14H,9H2,1H3,(H,19,22)/t13-,14-/m0/s1. The van der Waals surface area contributed by atoms with Crippen molar-refractivity contribution in [1.82, 2.24) is 14.8 Å². The summed E-state index contributed by atoms with van der Waals surface area (Å²) in [5.41, 5.74) is 1.68. The molecule has 0 spiro atoms. The number of carbonyl (C=O) groups is 1. The van der Waals surface area contributed by atoms with E-state index in [0.717, 1.165) is 29.3 Å². The Morgan fingerprint density at radius 3 is 3.00 bits per heavy atom. The van der Waals surface area contributed by atoms with E-state index in [1.54, 1.807) is 12.6 Å². The van der Waals surface area contributed by atoms with Crippen LogP contribution in [-0.4, -0.2) is 20.7 Å². The maximum Gasteiger partial charge on any atom is 0.228 e. The van der Waals surface area contributed by atoms with Crippen LogP contribution in [0.4, 0.5) is 5.69 Å². The highest BCUT2D eigenvalue weighted by Crippen LogP contribution is 2.48. The molecule has 23 heavy (non-hydrogen) atoms. The van der Waals surface area contributed by atoms with Crippen molar-refractivity contribution in [1.29, 1.82) is 0 Å². The van der Waals surface area contributed by atoms with Gasteiger partial charge in [-0.3, -0.25) is 4.79 Å². The normalized spacial score (nSPS) is 19.5. The molecule has 3 aromatic rings. The molecule has 4 rings (SSSR count). The summed E-state index contributed by atoms with van der Waals surface area (Å²) in [7, 11) is 1.89. The second-order valence-electron chi connectivity index (χ2n) is 5.80. The smallest absolute Gasteiger partial charge is 0.228 e. The lowest BCUT2D eigenvalue weighted by Crippen LogP contribution is -2.14. The molecule has 2 heterocycles. The molecule has 116 valence electrons. The Morgan fingerprint density at radius 2 is 2.26 bits per heavy atom. The number of furan rings is 1. The molecule has 1 aromatic carbocycles. The number of nitrogens with one attached hydrogen (secondary N) is 1. The van der Waals surface area contributed by atoms with E-state index in [0.29, 0.717) is 0 Å². The molecule has 6 heteroatoms. The zero-order valence-corrected chi connectivity index (χ0v) is 12.6. The van der Waals surface area contributed by atoms with Crippen molar-refractivity contribution < 1.29 is 9.21 Å². The number of nitrogens with zero attached hydrogens (tertiary/aromatic N) is 3. The van der Waals surface area contributed by atoms with E-state index in [1.165, 1.54) is 0 Å². The largest absolute Gasteiger partial charge is 0.469 e. The number of aryl methyl sites for hydroxylation is 1. The number of anilines is 1. The van der Waals surface area contributed by atoms with Crippen molar-refractivity contribution in [3.63, 3.8) is 0 Å². The van der Waals surface area contributed by atoms with Crippen molar-refractivity contribution in [2.24, 2.45) is 13.0 Å². The fourth-order valence-electron chi connectivity index (χ4n) is 2.82. The van der Waals surface area contributed by atoms with Gasteiger partial charge >= 0.3 is 0 Å². The second kappa shape index (κ2) is 5.39. The predicted molar refractivity (Wildman–Crippen MR) is 84.6 cm³/mol. The van der Waals surface area contributed by atoms with Gasteiger partial charge in [0.15, 0.2) is 5.82 Å². The van der Waals surface area contributed by atoms with Gasteiger partial charge in [0.05, 0.1) is 6.26 Å². The van der Waals surface area contributed by atoms with E-state index in [2.05, 4.69) is 15.5 Å². The Bertz CT molecular complexity index is 838. The molecule has 2 atom stereocenters. The Balaban J connectivity index is 1.47. The van der Waals surface area contributed by atoms with Crippen molar-refractivity contribution >= 4 is 11.6 Å². The van der Waals surface area contributed by atoms with Crippen LogP contribution in [0.1, 0.15) is 18.1 Å². The summed E-state index contributed by atoms with van der Waals surface area (Å²) >= 11 is 0. The molecular weight excluding hydrogens is 292 g/mol. The second-order valence-corrected chi connectivity index (χ2v) is 5.80. The third-order valence-corrected chi connectivity index (χ3v) is 4.14. The fourth-order valence-corrected chi connectivity index (χ4v) is 2.82. The van der Waals surface area contributed by atoms with Crippen LogP contribution in [-0.2, 0) is 11.8 Å². The molecule has 1 aliphatic rings. The minimum atomic E-state index is -0.0142. The number of hydrogen-bond acceptors (Lipinski definition) is 4. The molecule has 1 saturated carbocycles. The molecule has 1 N–H and O–H groups in total. The van der Waals surface area contributed by atoms with E-state index >= 15 is 0 Å². The summed E-state index contributed by atoms with van der Waals surface area (Å²) in [6.07, 6.45) is 4.13. The van der Waals surface area contributed by atoms with Crippen LogP contribution >= 0.6 is 0 Å². The van der Waals surface area contributed by atoms with Crippen molar-refractivity contribution in [3.8, 4) is 11.4 Å². The summed E-state index contributed by atoms with van der Waals surface area (Å²) in [4.78, 5) is 12.4. The highest BCUT2D eigenvalue weighted by atomic mass is 16.3. The van der Waals surface area contributed by atoms with Gasteiger partial charge in [0.1, 0.15) is 12.1 Å². The molecule has 1 amide bonds. The number of amides is 1. The summed E-state index contributed by atoms with van der Waals surface area (Å²) in [5.74, 6) is 1.87. The molecule has 2 aromatic heterocycles. The van der Waals surface area contributed by atoms with Crippen molar-refractivity contribution in [2.45, 2.75) is 12.3 Å². The van der Waals surface area contributed by atoms with Crippen molar-refractivity contribution in [3.05, 3.63) is 54.7 Å². The first-order chi connectivity index (χ1) is 11.2. The molecule has 0 saturated heterocycles. The molecule has 1 fully saturated rings. The Labute approximate surface area is 133 Å². The maximum absolute atomic E-state index is 12.4. The van der Waals surface area contributed by atoms with E-state index in [-0.39, 0.29) is 17.7 Å². The first kappa shape index (κ1) is 13.8. The number of benzene rings is 1. The van der Waals surface area contributed by atoms with Gasteiger partial charge in [0.25, 0.3) is 0 Å². The molecule has 6 nitrogen and oxygen atoms in total. The third kappa shape index (κ3) is 2.63. The first-order valence-electron chi connectivity index (χ1n) is 7.51. The highest BCUT2D eigenvalue weighted by molar-refractivity contribution is 5.95. The first-order valence-corrected chi connectivity index (χ1v) is 7.51. The average Bonchev–Trinajstić information content (AvgIpc) is 2.95. The minimum absolute atomic E-state index is 0.0142. The molecule has 0 radical (unpaired) electrons. The lowest BCUT2D eigenvalue weighted by atomic mass is 10.1. The number of aromatic nitrogens is 3. The van der Waals surface area contributed by atoms with Gasteiger partial charge in [-0.05, 0) is 30.7 Å². The lowest BCUT2D eigenvalue weighted by molar-refractivity contribution is -0.117. The quantitative estimate of drug-likeness (QED) is 0.804. The molecule has 1 aliphatic carbocycles. The zero-order chi connectivity index (χ0) is 15.8. The molecule has 0 bridgehead atoms. The Kier molecular flexibility index (Phi) is 3.22. The van der Waals surface area contributed by atoms with E-state index in [1.807, 2.05) is 48.0 Å².